The van der Waals surface area contributed by atoms with Crippen LogP contribution < -0.4 is 0 Å². The van der Waals surface area contributed by atoms with Gasteiger partial charge in [0.05, 0.1) is 10.5 Å². The first-order valence-electron chi connectivity index (χ1n) is 4.58. The van der Waals surface area contributed by atoms with Crippen molar-refractivity contribution in [2.24, 2.45) is 0 Å². The Balaban J connectivity index is 3.45. The standard InChI is InChI=1S/C11H6N2O5/c12-5-8-3-7(1-2-10(15)16)4-9(6-14)11(8)13(17)18/h1-4,6H,(H,15,16)/b2-1+. The Bertz CT molecular complexity index is 598. The summed E-state index contributed by atoms with van der Waals surface area (Å²) in [6.07, 6.45) is 2.19. The average Bonchev–Trinajstić information content (AvgIpc) is 2.34. The fourth-order valence-electron chi connectivity index (χ4n) is 1.32. The Hall–Kier alpha value is -3.01. The molecule has 0 spiro atoms. The lowest BCUT2D eigenvalue weighted by Crippen LogP contribution is -1.99. The first-order valence-corrected chi connectivity index (χ1v) is 4.58. The third kappa shape index (κ3) is 2.76. The van der Waals surface area contributed by atoms with E-state index in [0.29, 0.717) is 0 Å². The van der Waals surface area contributed by atoms with Crippen LogP contribution in [0, 0.1) is 21.4 Å². The topological polar surface area (TPSA) is 121 Å². The van der Waals surface area contributed by atoms with E-state index < -0.39 is 16.6 Å². The predicted octanol–water partition coefficient (Wildman–Crippen LogP) is 1.38. The zero-order valence-electron chi connectivity index (χ0n) is 8.86. The molecule has 0 saturated carbocycles. The van der Waals surface area contributed by atoms with Gasteiger partial charge in [0.25, 0.3) is 5.69 Å². The third-order valence-electron chi connectivity index (χ3n) is 2.01. The van der Waals surface area contributed by atoms with E-state index in [2.05, 4.69) is 0 Å². The zero-order chi connectivity index (χ0) is 13.7. The molecule has 0 bridgehead atoms. The Morgan fingerprint density at radius 2 is 2.17 bits per heavy atom. The molecule has 0 amide bonds. The Kier molecular flexibility index (Phi) is 3.89. The van der Waals surface area contributed by atoms with E-state index in [1.54, 1.807) is 6.07 Å². The van der Waals surface area contributed by atoms with Crippen molar-refractivity contribution < 1.29 is 19.6 Å². The number of carboxylic acid groups (broad SMARTS) is 1. The number of rotatable bonds is 4. The van der Waals surface area contributed by atoms with Crippen molar-refractivity contribution >= 4 is 24.0 Å². The van der Waals surface area contributed by atoms with Crippen molar-refractivity contribution in [3.8, 4) is 6.07 Å². The van der Waals surface area contributed by atoms with Crippen LogP contribution in [0.2, 0.25) is 0 Å². The number of hydrogen-bond donors (Lipinski definition) is 1. The van der Waals surface area contributed by atoms with Crippen molar-refractivity contribution in [1.82, 2.24) is 0 Å². The number of hydrogen-bond acceptors (Lipinski definition) is 5. The lowest BCUT2D eigenvalue weighted by Gasteiger charge is -2.00. The summed E-state index contributed by atoms with van der Waals surface area (Å²) in [5.74, 6) is -1.21. The van der Waals surface area contributed by atoms with Gasteiger partial charge < -0.3 is 5.11 Å². The van der Waals surface area contributed by atoms with Crippen LogP contribution >= 0.6 is 0 Å². The van der Waals surface area contributed by atoms with E-state index in [-0.39, 0.29) is 23.0 Å². The van der Waals surface area contributed by atoms with Crippen LogP contribution in [0.25, 0.3) is 6.08 Å². The minimum absolute atomic E-state index is 0.224. The maximum Gasteiger partial charge on any atom is 0.328 e. The van der Waals surface area contributed by atoms with E-state index in [0.717, 1.165) is 24.3 Å². The van der Waals surface area contributed by atoms with Gasteiger partial charge in [0.15, 0.2) is 6.29 Å². The van der Waals surface area contributed by atoms with Gasteiger partial charge in [-0.3, -0.25) is 14.9 Å². The molecule has 0 aliphatic heterocycles. The number of nitriles is 1. The molecule has 1 aromatic carbocycles. The Morgan fingerprint density at radius 1 is 1.50 bits per heavy atom. The molecule has 0 radical (unpaired) electrons. The van der Waals surface area contributed by atoms with Gasteiger partial charge in [-0.1, -0.05) is 0 Å². The molecule has 7 nitrogen and oxygen atoms in total. The number of nitrogens with zero attached hydrogens (tertiary/aromatic N) is 2. The van der Waals surface area contributed by atoms with E-state index in [1.807, 2.05) is 0 Å². The molecule has 0 saturated heterocycles. The van der Waals surface area contributed by atoms with E-state index in [9.17, 15) is 19.7 Å². The molecule has 90 valence electrons. The third-order valence-corrected chi connectivity index (χ3v) is 2.01. The van der Waals surface area contributed by atoms with Crippen LogP contribution in [0.15, 0.2) is 18.2 Å². The monoisotopic (exact) mass is 246 g/mol. The maximum atomic E-state index is 10.7. The molecular weight excluding hydrogens is 240 g/mol. The van der Waals surface area contributed by atoms with Crippen LogP contribution in [-0.2, 0) is 4.79 Å². The number of carbonyl (C=O) groups excluding carboxylic acids is 1. The average molecular weight is 246 g/mol. The first kappa shape index (κ1) is 13.1. The number of carbonyl (C=O) groups is 2. The lowest BCUT2D eigenvalue weighted by molar-refractivity contribution is -0.385. The molecule has 1 rings (SSSR count). The predicted molar refractivity (Wildman–Crippen MR) is 59.9 cm³/mol. The minimum atomic E-state index is -1.21. The lowest BCUT2D eigenvalue weighted by atomic mass is 10.0. The van der Waals surface area contributed by atoms with Crippen molar-refractivity contribution in [2.75, 3.05) is 0 Å². The molecule has 0 atom stereocenters. The van der Waals surface area contributed by atoms with Gasteiger partial charge in [-0.05, 0) is 23.8 Å². The Morgan fingerprint density at radius 3 is 2.61 bits per heavy atom. The number of nitro groups is 1. The second kappa shape index (κ2) is 5.36. The second-order valence-electron chi connectivity index (χ2n) is 3.16. The molecular formula is C11H6N2O5. The fraction of sp³-hybridized carbons (Fsp3) is 0. The SMILES string of the molecule is N#Cc1cc(/C=C/C(=O)O)cc(C=O)c1[N+](=O)[O-]. The van der Waals surface area contributed by atoms with Crippen molar-refractivity contribution in [2.45, 2.75) is 0 Å². The maximum absolute atomic E-state index is 10.7. The number of aliphatic carboxylic acids is 1. The number of nitro benzene ring substituents is 1. The molecule has 1 aromatic rings. The summed E-state index contributed by atoms with van der Waals surface area (Å²) >= 11 is 0. The van der Waals surface area contributed by atoms with Crippen LogP contribution in [0.4, 0.5) is 5.69 Å². The Labute approximate surface area is 101 Å². The summed E-state index contributed by atoms with van der Waals surface area (Å²) in [6.45, 7) is 0. The van der Waals surface area contributed by atoms with E-state index in [4.69, 9.17) is 10.4 Å². The van der Waals surface area contributed by atoms with Gasteiger partial charge in [0.1, 0.15) is 11.6 Å². The van der Waals surface area contributed by atoms with Gasteiger partial charge >= 0.3 is 5.97 Å². The number of aldehydes is 1. The van der Waals surface area contributed by atoms with E-state index >= 15 is 0 Å². The van der Waals surface area contributed by atoms with Crippen LogP contribution in [-0.4, -0.2) is 22.3 Å². The van der Waals surface area contributed by atoms with Gasteiger partial charge in [-0.15, -0.1) is 0 Å². The van der Waals surface area contributed by atoms with Gasteiger partial charge in [-0.25, -0.2) is 4.79 Å². The molecule has 0 fully saturated rings. The normalized spacial score (nSPS) is 9.94. The second-order valence-corrected chi connectivity index (χ2v) is 3.16. The summed E-state index contributed by atoms with van der Waals surface area (Å²) in [5.41, 5.74) is -0.930. The van der Waals surface area contributed by atoms with Crippen molar-refractivity contribution in [3.05, 3.63) is 45.0 Å². The molecule has 7 heteroatoms. The molecule has 0 aliphatic rings. The molecule has 0 aromatic heterocycles. The van der Waals surface area contributed by atoms with Crippen LogP contribution in [0.1, 0.15) is 21.5 Å². The van der Waals surface area contributed by atoms with Gasteiger partial charge in [0, 0.05) is 6.08 Å². The molecule has 1 N–H and O–H groups in total. The highest BCUT2D eigenvalue weighted by molar-refractivity contribution is 5.88. The molecule has 0 heterocycles. The smallest absolute Gasteiger partial charge is 0.328 e. The summed E-state index contributed by atoms with van der Waals surface area (Å²) in [4.78, 5) is 31.0. The van der Waals surface area contributed by atoms with Crippen molar-refractivity contribution in [1.29, 1.82) is 5.26 Å². The van der Waals surface area contributed by atoms with Gasteiger partial charge in [-0.2, -0.15) is 5.26 Å². The minimum Gasteiger partial charge on any atom is -0.478 e. The van der Waals surface area contributed by atoms with E-state index in [1.165, 1.54) is 0 Å². The highest BCUT2D eigenvalue weighted by atomic mass is 16.6. The van der Waals surface area contributed by atoms with Gasteiger partial charge in [0.2, 0.25) is 0 Å². The summed E-state index contributed by atoms with van der Waals surface area (Å²) in [6, 6.07) is 3.89. The molecule has 18 heavy (non-hydrogen) atoms. The number of benzene rings is 1. The largest absolute Gasteiger partial charge is 0.478 e. The highest BCUT2D eigenvalue weighted by Gasteiger charge is 2.20. The number of carboxylic acids is 1. The zero-order valence-corrected chi connectivity index (χ0v) is 8.86. The molecule has 0 aliphatic carbocycles. The highest BCUT2D eigenvalue weighted by Crippen LogP contribution is 2.24. The van der Waals surface area contributed by atoms with Crippen LogP contribution in [0.5, 0.6) is 0 Å². The van der Waals surface area contributed by atoms with Crippen molar-refractivity contribution in [3.63, 3.8) is 0 Å². The molecule has 0 unspecified atom stereocenters. The first-order chi connectivity index (χ1) is 8.49. The fourth-order valence-corrected chi connectivity index (χ4v) is 1.32. The summed E-state index contributed by atoms with van der Waals surface area (Å²) in [7, 11) is 0. The van der Waals surface area contributed by atoms with Crippen LogP contribution in [0.3, 0.4) is 0 Å². The quantitative estimate of drug-likeness (QED) is 0.370. The summed E-state index contributed by atoms with van der Waals surface area (Å²) in [5, 5.41) is 27.9. The summed E-state index contributed by atoms with van der Waals surface area (Å²) < 4.78 is 0.